The van der Waals surface area contributed by atoms with Gasteiger partial charge in [-0.1, -0.05) is 65.8 Å². The van der Waals surface area contributed by atoms with Gasteiger partial charge in [-0.3, -0.25) is 0 Å². The van der Waals surface area contributed by atoms with Crippen LogP contribution in [-0.2, 0) is 16.6 Å². The molecule has 1 aromatic heterocycles. The zero-order chi connectivity index (χ0) is 18.9. The summed E-state index contributed by atoms with van der Waals surface area (Å²) >= 11 is 0. The van der Waals surface area contributed by atoms with Crippen LogP contribution < -0.4 is 4.72 Å². The molecule has 5 nitrogen and oxygen atoms in total. The van der Waals surface area contributed by atoms with Crippen LogP contribution in [0.3, 0.4) is 0 Å². The minimum Gasteiger partial charge on any atom is -0.361 e. The summed E-state index contributed by atoms with van der Waals surface area (Å²) in [5.41, 5.74) is 2.26. The molecule has 0 aliphatic rings. The van der Waals surface area contributed by atoms with E-state index in [9.17, 15) is 8.42 Å². The molecule has 0 aliphatic heterocycles. The Balaban J connectivity index is 1.62. The average Bonchev–Trinajstić information content (AvgIpc) is 3.07. The zero-order valence-corrected chi connectivity index (χ0v) is 15.5. The van der Waals surface area contributed by atoms with Crippen molar-refractivity contribution in [1.29, 1.82) is 0 Å². The Labute approximate surface area is 157 Å². The fourth-order valence-corrected chi connectivity index (χ4v) is 4.04. The van der Waals surface area contributed by atoms with Crippen molar-refractivity contribution in [2.45, 2.75) is 18.4 Å². The first kappa shape index (κ1) is 17.5. The third kappa shape index (κ3) is 3.49. The number of aryl methyl sites for hydroxylation is 1. The third-order valence-corrected chi connectivity index (χ3v) is 5.90. The fraction of sp³-hybridized carbons (Fsp3) is 0.0952. The van der Waals surface area contributed by atoms with E-state index in [1.165, 1.54) is 0 Å². The normalized spacial score (nSPS) is 11.7. The molecule has 6 heteroatoms. The fourth-order valence-electron chi connectivity index (χ4n) is 3.01. The Bertz CT molecular complexity index is 1200. The van der Waals surface area contributed by atoms with Gasteiger partial charge in [0.1, 0.15) is 11.5 Å². The standard InChI is InChI=1S/C21H18N2O3S/c1-15-20(21(23-26-15)17-8-3-2-4-9-17)14-22-27(24,25)19-12-11-16-7-5-6-10-18(16)13-19/h2-13,22H,14H2,1H3. The minimum absolute atomic E-state index is 0.106. The predicted molar refractivity (Wildman–Crippen MR) is 105 cm³/mol. The zero-order valence-electron chi connectivity index (χ0n) is 14.7. The maximum atomic E-state index is 12.8. The summed E-state index contributed by atoms with van der Waals surface area (Å²) in [6.45, 7) is 1.88. The summed E-state index contributed by atoms with van der Waals surface area (Å²) in [5, 5.41) is 5.97. The number of rotatable bonds is 5. The monoisotopic (exact) mass is 378 g/mol. The Morgan fingerprint density at radius 2 is 1.63 bits per heavy atom. The summed E-state index contributed by atoms with van der Waals surface area (Å²) in [4.78, 5) is 0.233. The van der Waals surface area contributed by atoms with Crippen LogP contribution in [0.4, 0.5) is 0 Å². The van der Waals surface area contributed by atoms with E-state index in [0.29, 0.717) is 11.5 Å². The van der Waals surface area contributed by atoms with Crippen LogP contribution in [0.25, 0.3) is 22.0 Å². The van der Waals surface area contributed by atoms with E-state index in [-0.39, 0.29) is 11.4 Å². The second-order valence-electron chi connectivity index (χ2n) is 6.27. The Morgan fingerprint density at radius 1 is 0.926 bits per heavy atom. The van der Waals surface area contributed by atoms with Gasteiger partial charge in [0.05, 0.1) is 4.90 Å². The average molecular weight is 378 g/mol. The third-order valence-electron chi connectivity index (χ3n) is 4.50. The molecule has 0 spiro atoms. The van der Waals surface area contributed by atoms with Gasteiger partial charge in [0, 0.05) is 17.7 Å². The molecule has 0 aliphatic carbocycles. The molecule has 0 saturated carbocycles. The number of benzene rings is 3. The van der Waals surface area contributed by atoms with Gasteiger partial charge < -0.3 is 4.52 Å². The molecule has 0 atom stereocenters. The summed E-state index contributed by atoms with van der Waals surface area (Å²) < 4.78 is 33.5. The van der Waals surface area contributed by atoms with Crippen molar-refractivity contribution in [3.63, 3.8) is 0 Å². The molecule has 0 unspecified atom stereocenters. The Hall–Kier alpha value is -2.96. The maximum absolute atomic E-state index is 12.8. The SMILES string of the molecule is Cc1onc(-c2ccccc2)c1CNS(=O)(=O)c1ccc2ccccc2c1. The molecule has 4 rings (SSSR count). The van der Waals surface area contributed by atoms with Gasteiger partial charge in [0.15, 0.2) is 0 Å². The maximum Gasteiger partial charge on any atom is 0.240 e. The number of hydrogen-bond acceptors (Lipinski definition) is 4. The summed E-state index contributed by atoms with van der Waals surface area (Å²) in [6.07, 6.45) is 0. The molecule has 3 aromatic carbocycles. The lowest BCUT2D eigenvalue weighted by atomic mass is 10.1. The van der Waals surface area contributed by atoms with Gasteiger partial charge in [0.25, 0.3) is 0 Å². The number of fused-ring (bicyclic) bond motifs is 1. The highest BCUT2D eigenvalue weighted by molar-refractivity contribution is 7.89. The Morgan fingerprint density at radius 3 is 2.41 bits per heavy atom. The van der Waals surface area contributed by atoms with Crippen molar-refractivity contribution in [2.24, 2.45) is 0 Å². The van der Waals surface area contributed by atoms with E-state index in [4.69, 9.17) is 4.52 Å². The van der Waals surface area contributed by atoms with Crippen molar-refractivity contribution in [1.82, 2.24) is 9.88 Å². The molecule has 1 N–H and O–H groups in total. The summed E-state index contributed by atoms with van der Waals surface area (Å²) in [6, 6.07) is 22.3. The molecule has 0 radical (unpaired) electrons. The van der Waals surface area contributed by atoms with E-state index in [1.54, 1.807) is 19.1 Å². The summed E-state index contributed by atoms with van der Waals surface area (Å²) in [7, 11) is -3.66. The predicted octanol–water partition coefficient (Wildman–Crippen LogP) is 4.28. The van der Waals surface area contributed by atoms with E-state index in [0.717, 1.165) is 21.9 Å². The van der Waals surface area contributed by atoms with Gasteiger partial charge >= 0.3 is 0 Å². The van der Waals surface area contributed by atoms with Gasteiger partial charge in [-0.25, -0.2) is 13.1 Å². The van der Waals surface area contributed by atoms with Crippen LogP contribution in [0.1, 0.15) is 11.3 Å². The minimum atomic E-state index is -3.66. The molecule has 0 fully saturated rings. The van der Waals surface area contributed by atoms with Crippen molar-refractivity contribution in [3.8, 4) is 11.3 Å². The van der Waals surface area contributed by atoms with Crippen LogP contribution in [0, 0.1) is 6.92 Å². The highest BCUT2D eigenvalue weighted by Gasteiger charge is 2.19. The van der Waals surface area contributed by atoms with Gasteiger partial charge in [-0.15, -0.1) is 0 Å². The lowest BCUT2D eigenvalue weighted by Gasteiger charge is -2.08. The van der Waals surface area contributed by atoms with Crippen LogP contribution >= 0.6 is 0 Å². The highest BCUT2D eigenvalue weighted by Crippen LogP contribution is 2.25. The molecule has 136 valence electrons. The van der Waals surface area contributed by atoms with Crippen LogP contribution in [0.5, 0.6) is 0 Å². The van der Waals surface area contributed by atoms with Gasteiger partial charge in [-0.2, -0.15) is 0 Å². The Kier molecular flexibility index (Phi) is 4.51. The van der Waals surface area contributed by atoms with E-state index >= 15 is 0 Å². The van der Waals surface area contributed by atoms with Crippen molar-refractivity contribution >= 4 is 20.8 Å². The first-order valence-corrected chi connectivity index (χ1v) is 10.0. The topological polar surface area (TPSA) is 72.2 Å². The van der Waals surface area contributed by atoms with Crippen LogP contribution in [0.2, 0.25) is 0 Å². The lowest BCUT2D eigenvalue weighted by molar-refractivity contribution is 0.398. The molecule has 1 heterocycles. The van der Waals surface area contributed by atoms with Crippen LogP contribution in [0.15, 0.2) is 82.2 Å². The van der Waals surface area contributed by atoms with E-state index < -0.39 is 10.0 Å². The molecule has 0 bridgehead atoms. The molecule has 0 amide bonds. The first-order valence-electron chi connectivity index (χ1n) is 8.54. The van der Waals surface area contributed by atoms with E-state index in [2.05, 4.69) is 9.88 Å². The van der Waals surface area contributed by atoms with Crippen molar-refractivity contribution in [3.05, 3.63) is 84.1 Å². The smallest absolute Gasteiger partial charge is 0.240 e. The molecule has 0 saturated heterocycles. The number of nitrogens with zero attached hydrogens (tertiary/aromatic N) is 1. The molecular weight excluding hydrogens is 360 g/mol. The van der Waals surface area contributed by atoms with Crippen molar-refractivity contribution in [2.75, 3.05) is 0 Å². The summed E-state index contributed by atoms with van der Waals surface area (Å²) in [5.74, 6) is 0.593. The largest absolute Gasteiger partial charge is 0.361 e. The van der Waals surface area contributed by atoms with Gasteiger partial charge in [0.2, 0.25) is 10.0 Å². The highest BCUT2D eigenvalue weighted by atomic mass is 32.2. The van der Waals surface area contributed by atoms with Crippen LogP contribution in [-0.4, -0.2) is 13.6 Å². The number of hydrogen-bond donors (Lipinski definition) is 1. The molecular formula is C21H18N2O3S. The number of aromatic nitrogens is 1. The van der Waals surface area contributed by atoms with E-state index in [1.807, 2.05) is 60.7 Å². The second-order valence-corrected chi connectivity index (χ2v) is 8.03. The molecule has 27 heavy (non-hydrogen) atoms. The molecule has 4 aromatic rings. The van der Waals surface area contributed by atoms with Gasteiger partial charge in [-0.05, 0) is 29.8 Å². The lowest BCUT2D eigenvalue weighted by Crippen LogP contribution is -2.23. The second kappa shape index (κ2) is 6.98. The van der Waals surface area contributed by atoms with Crippen molar-refractivity contribution < 1.29 is 12.9 Å². The number of nitrogens with one attached hydrogen (secondary N) is 1. The first-order chi connectivity index (χ1) is 13.0. The number of sulfonamides is 1. The quantitative estimate of drug-likeness (QED) is 0.562.